The summed E-state index contributed by atoms with van der Waals surface area (Å²) in [7, 11) is 0. The van der Waals surface area contributed by atoms with Gasteiger partial charge in [0, 0.05) is 28.3 Å². The molecular formula is C23H23BrN4O2S. The highest BCUT2D eigenvalue weighted by atomic mass is 79.9. The summed E-state index contributed by atoms with van der Waals surface area (Å²) in [4.78, 5) is 19.2. The number of thioether (sulfide) groups is 1. The molecule has 4 rings (SSSR count). The number of ether oxygens (including phenoxy) is 1. The van der Waals surface area contributed by atoms with Crippen LogP contribution in [0.5, 0.6) is 5.88 Å². The number of carbonyl (C=O) groups excluding carboxylic acids is 1. The second kappa shape index (κ2) is 8.96. The molecule has 0 saturated heterocycles. The predicted octanol–water partition coefficient (Wildman–Crippen LogP) is 5.80. The average molecular weight is 499 g/mol. The molecule has 0 N–H and O–H groups in total. The Balaban J connectivity index is 1.92. The number of anilines is 1. The third kappa shape index (κ3) is 4.45. The van der Waals surface area contributed by atoms with Gasteiger partial charge in [-0.25, -0.2) is 0 Å². The molecule has 0 radical (unpaired) electrons. The lowest BCUT2D eigenvalue weighted by Crippen LogP contribution is -2.36. The van der Waals surface area contributed by atoms with Crippen LogP contribution < -0.4 is 9.64 Å². The van der Waals surface area contributed by atoms with Crippen molar-refractivity contribution in [2.45, 2.75) is 39.1 Å². The van der Waals surface area contributed by atoms with Gasteiger partial charge in [0.25, 0.3) is 0 Å². The quantitative estimate of drug-likeness (QED) is 0.423. The van der Waals surface area contributed by atoms with E-state index in [1.165, 1.54) is 6.92 Å². The Bertz CT molecular complexity index is 1140. The molecule has 1 amide bonds. The van der Waals surface area contributed by atoms with E-state index in [1.807, 2.05) is 49.4 Å². The number of hydrogen-bond donors (Lipinski definition) is 0. The maximum absolute atomic E-state index is 12.9. The largest absolute Gasteiger partial charge is 0.447 e. The van der Waals surface area contributed by atoms with Gasteiger partial charge in [0.2, 0.25) is 23.2 Å². The smallest absolute Gasteiger partial charge is 0.247 e. The Morgan fingerprint density at radius 1 is 1.23 bits per heavy atom. The lowest BCUT2D eigenvalue weighted by molar-refractivity contribution is -0.118. The number of benzene rings is 2. The zero-order chi connectivity index (χ0) is 22.1. The van der Waals surface area contributed by atoms with E-state index >= 15 is 0 Å². The van der Waals surface area contributed by atoms with E-state index in [0.717, 1.165) is 32.6 Å². The Labute approximate surface area is 194 Å². The predicted molar refractivity (Wildman–Crippen MR) is 126 cm³/mol. The first-order valence-corrected chi connectivity index (χ1v) is 11.8. The minimum Gasteiger partial charge on any atom is -0.447 e. The van der Waals surface area contributed by atoms with Crippen molar-refractivity contribution in [3.8, 4) is 17.1 Å². The number of rotatable bonds is 4. The van der Waals surface area contributed by atoms with E-state index in [4.69, 9.17) is 4.74 Å². The first kappa shape index (κ1) is 21.8. The lowest BCUT2D eigenvalue weighted by atomic mass is 10.0. The molecule has 6 nitrogen and oxygen atoms in total. The van der Waals surface area contributed by atoms with E-state index in [9.17, 15) is 4.79 Å². The molecule has 1 unspecified atom stereocenters. The summed E-state index contributed by atoms with van der Waals surface area (Å²) in [5.74, 6) is 1.61. The van der Waals surface area contributed by atoms with Gasteiger partial charge >= 0.3 is 0 Å². The van der Waals surface area contributed by atoms with E-state index in [-0.39, 0.29) is 5.91 Å². The van der Waals surface area contributed by atoms with Crippen molar-refractivity contribution in [2.24, 2.45) is 5.92 Å². The fourth-order valence-electron chi connectivity index (χ4n) is 3.40. The van der Waals surface area contributed by atoms with Gasteiger partial charge in [0.1, 0.15) is 0 Å². The topological polar surface area (TPSA) is 68.2 Å². The zero-order valence-corrected chi connectivity index (χ0v) is 20.2. The summed E-state index contributed by atoms with van der Waals surface area (Å²) in [6.07, 6.45) is -0.699. The summed E-state index contributed by atoms with van der Waals surface area (Å²) in [5.41, 5.74) is 3.91. The van der Waals surface area contributed by atoms with Crippen molar-refractivity contribution in [3.63, 3.8) is 0 Å². The Morgan fingerprint density at radius 2 is 2.00 bits per heavy atom. The molecule has 0 fully saturated rings. The van der Waals surface area contributed by atoms with Crippen molar-refractivity contribution < 1.29 is 9.53 Å². The molecule has 0 bridgehead atoms. The van der Waals surface area contributed by atoms with Gasteiger partial charge in [-0.3, -0.25) is 9.69 Å². The highest BCUT2D eigenvalue weighted by Gasteiger charge is 2.35. The standard InChI is InChI=1S/C23H23BrN4O2S/c1-13(2)12-31-23-25-21-20(26-27-23)17-11-14(3)9-10-19(17)28(15(4)29)22(30-21)16-7-5-6-8-18(16)24/h5-11,13,22H,12H2,1-4H3. The number of hydrogen-bond acceptors (Lipinski definition) is 6. The van der Waals surface area contributed by atoms with Crippen LogP contribution in [0.1, 0.15) is 38.1 Å². The van der Waals surface area contributed by atoms with Crippen molar-refractivity contribution in [3.05, 3.63) is 58.1 Å². The first-order chi connectivity index (χ1) is 14.8. The van der Waals surface area contributed by atoms with Crippen LogP contribution in [0.4, 0.5) is 5.69 Å². The Hall–Kier alpha value is -2.45. The number of halogens is 1. The fraction of sp³-hybridized carbons (Fsp3) is 0.304. The van der Waals surface area contributed by atoms with E-state index in [1.54, 1.807) is 16.7 Å². The number of nitrogens with zero attached hydrogens (tertiary/aromatic N) is 4. The monoisotopic (exact) mass is 498 g/mol. The van der Waals surface area contributed by atoms with Crippen LogP contribution in [0.25, 0.3) is 11.3 Å². The molecule has 1 atom stereocenters. The highest BCUT2D eigenvalue weighted by Crippen LogP contribution is 2.44. The van der Waals surface area contributed by atoms with Crippen LogP contribution in [-0.2, 0) is 4.79 Å². The van der Waals surface area contributed by atoms with E-state index in [0.29, 0.717) is 22.6 Å². The van der Waals surface area contributed by atoms with Gasteiger partial charge in [0.15, 0.2) is 5.69 Å². The summed E-state index contributed by atoms with van der Waals surface area (Å²) in [6.45, 7) is 7.83. The average Bonchev–Trinajstić information content (AvgIpc) is 2.86. The molecule has 1 aliphatic heterocycles. The number of carbonyl (C=O) groups is 1. The molecule has 8 heteroatoms. The van der Waals surface area contributed by atoms with E-state index < -0.39 is 6.23 Å². The van der Waals surface area contributed by atoms with Crippen LogP contribution in [0.15, 0.2) is 52.1 Å². The third-order valence-corrected chi connectivity index (χ3v) is 6.80. The summed E-state index contributed by atoms with van der Waals surface area (Å²) >= 11 is 5.16. The molecule has 1 aromatic heterocycles. The van der Waals surface area contributed by atoms with Crippen LogP contribution >= 0.6 is 27.7 Å². The second-order valence-electron chi connectivity index (χ2n) is 7.85. The minimum absolute atomic E-state index is 0.138. The zero-order valence-electron chi connectivity index (χ0n) is 17.8. The number of fused-ring (bicyclic) bond motifs is 3. The maximum Gasteiger partial charge on any atom is 0.247 e. The van der Waals surface area contributed by atoms with Gasteiger partial charge in [0.05, 0.1) is 5.69 Å². The van der Waals surface area contributed by atoms with Crippen LogP contribution in [0.2, 0.25) is 0 Å². The van der Waals surface area contributed by atoms with Gasteiger partial charge in [-0.15, -0.1) is 10.2 Å². The summed E-state index contributed by atoms with van der Waals surface area (Å²) < 4.78 is 7.26. The van der Waals surface area contributed by atoms with Crippen molar-refractivity contribution in [2.75, 3.05) is 10.7 Å². The minimum atomic E-state index is -0.699. The van der Waals surface area contributed by atoms with Crippen molar-refractivity contribution in [1.29, 1.82) is 0 Å². The molecular weight excluding hydrogens is 476 g/mol. The molecule has 1 aliphatic rings. The number of aromatic nitrogens is 3. The second-order valence-corrected chi connectivity index (χ2v) is 9.70. The molecule has 0 saturated carbocycles. The van der Waals surface area contributed by atoms with Gasteiger partial charge in [-0.05, 0) is 31.0 Å². The van der Waals surface area contributed by atoms with E-state index in [2.05, 4.69) is 45.0 Å². The molecule has 31 heavy (non-hydrogen) atoms. The molecule has 160 valence electrons. The van der Waals surface area contributed by atoms with Crippen molar-refractivity contribution in [1.82, 2.24) is 15.2 Å². The van der Waals surface area contributed by atoms with Crippen LogP contribution in [0, 0.1) is 12.8 Å². The van der Waals surface area contributed by atoms with Crippen molar-refractivity contribution >= 4 is 39.3 Å². The first-order valence-electron chi connectivity index (χ1n) is 10.0. The summed E-state index contributed by atoms with van der Waals surface area (Å²) in [5, 5.41) is 9.36. The molecule has 2 heterocycles. The van der Waals surface area contributed by atoms with Gasteiger partial charge in [-0.2, -0.15) is 4.98 Å². The SMILES string of the molecule is CC(=O)N1c2ccc(C)cc2-c2nnc(SCC(C)C)nc2OC1c1ccccc1Br. The van der Waals surface area contributed by atoms with Crippen LogP contribution in [-0.4, -0.2) is 26.8 Å². The molecule has 3 aromatic rings. The number of aryl methyl sites for hydroxylation is 1. The van der Waals surface area contributed by atoms with Gasteiger partial charge < -0.3 is 4.74 Å². The molecule has 0 aliphatic carbocycles. The fourth-order valence-corrected chi connectivity index (χ4v) is 4.61. The summed E-state index contributed by atoms with van der Waals surface area (Å²) in [6, 6.07) is 13.6. The van der Waals surface area contributed by atoms with Crippen LogP contribution in [0.3, 0.4) is 0 Å². The van der Waals surface area contributed by atoms with Gasteiger partial charge in [-0.1, -0.05) is 71.4 Å². The molecule has 0 spiro atoms. The number of amides is 1. The Kier molecular flexibility index (Phi) is 6.29. The normalized spacial score (nSPS) is 15.2. The highest BCUT2D eigenvalue weighted by molar-refractivity contribution is 9.10. The lowest BCUT2D eigenvalue weighted by Gasteiger charge is -2.30. The molecule has 2 aromatic carbocycles. The Morgan fingerprint density at radius 3 is 2.71 bits per heavy atom. The third-order valence-electron chi connectivity index (χ3n) is 4.82. The maximum atomic E-state index is 12.9.